The van der Waals surface area contributed by atoms with E-state index in [1.807, 2.05) is 55.9 Å². The van der Waals surface area contributed by atoms with Crippen molar-refractivity contribution in [2.75, 3.05) is 0 Å². The first kappa shape index (κ1) is 18.0. The number of aryl methyl sites for hydroxylation is 1. The Morgan fingerprint density at radius 1 is 1.26 bits per heavy atom. The molecule has 4 nitrogen and oxygen atoms in total. The third-order valence-electron chi connectivity index (χ3n) is 6.45. The number of nitriles is 1. The highest BCUT2D eigenvalue weighted by Crippen LogP contribution is 2.55. The van der Waals surface area contributed by atoms with E-state index < -0.39 is 10.8 Å². The molecule has 1 heterocycles. The van der Waals surface area contributed by atoms with Gasteiger partial charge in [0.1, 0.15) is 6.07 Å². The number of allylic oxidation sites excluding steroid dienone is 2. The Kier molecular flexibility index (Phi) is 3.87. The summed E-state index contributed by atoms with van der Waals surface area (Å²) in [4.78, 5) is 12.8. The number of rotatable bonds is 1. The number of Topliss-reactive ketones (excluding diaryl/α,β-unsaturated/α-hetero) is 1. The van der Waals surface area contributed by atoms with Gasteiger partial charge in [0.05, 0.1) is 17.0 Å². The number of aromatic nitrogens is 2. The standard InChI is InChI=1S/C22H22ClN3O/c1-21(2)17-10-9-16-18(13-5-7-15(23)8-6-13)26(4)25-19(16)22(17,3)11-14(12-24)20(21)27/h5-8,11,17H,9-10H2,1-4H3. The predicted molar refractivity (Wildman–Crippen MR) is 105 cm³/mol. The minimum absolute atomic E-state index is 0.0511. The lowest BCUT2D eigenvalue weighted by atomic mass is 9.52. The highest BCUT2D eigenvalue weighted by Gasteiger charge is 2.55. The highest BCUT2D eigenvalue weighted by atomic mass is 35.5. The van der Waals surface area contributed by atoms with Crippen molar-refractivity contribution >= 4 is 17.4 Å². The highest BCUT2D eigenvalue weighted by molar-refractivity contribution is 6.30. The fraction of sp³-hybridized carbons (Fsp3) is 0.409. The Labute approximate surface area is 164 Å². The average Bonchev–Trinajstić information content (AvgIpc) is 2.96. The number of carbonyl (C=O) groups excluding carboxylic acids is 1. The topological polar surface area (TPSA) is 58.7 Å². The van der Waals surface area contributed by atoms with Gasteiger partial charge in [0.15, 0.2) is 5.78 Å². The van der Waals surface area contributed by atoms with E-state index in [1.54, 1.807) is 0 Å². The van der Waals surface area contributed by atoms with Crippen molar-refractivity contribution in [3.8, 4) is 17.3 Å². The average molecular weight is 380 g/mol. The number of nitrogens with zero attached hydrogens (tertiary/aromatic N) is 3. The van der Waals surface area contributed by atoms with Crippen LogP contribution in [0.15, 0.2) is 35.9 Å². The van der Waals surface area contributed by atoms with Crippen molar-refractivity contribution in [2.24, 2.45) is 18.4 Å². The van der Waals surface area contributed by atoms with Gasteiger partial charge in [-0.05, 0) is 30.9 Å². The summed E-state index contributed by atoms with van der Waals surface area (Å²) in [6, 6.07) is 9.92. The second-order valence-corrected chi connectivity index (χ2v) is 8.84. The molecule has 0 saturated heterocycles. The van der Waals surface area contributed by atoms with Crippen LogP contribution in [-0.4, -0.2) is 15.6 Å². The first-order valence-corrected chi connectivity index (χ1v) is 9.58. The molecule has 0 bridgehead atoms. The third kappa shape index (κ3) is 2.41. The summed E-state index contributed by atoms with van der Waals surface area (Å²) in [6.45, 7) is 6.06. The van der Waals surface area contributed by atoms with Crippen LogP contribution >= 0.6 is 11.6 Å². The lowest BCUT2D eigenvalue weighted by Gasteiger charge is -2.49. The SMILES string of the molecule is Cn1nc2c(c1-c1ccc(Cl)cc1)CCC1C(C)(C)C(=O)C(C#N)=CC21C. The number of hydrogen-bond acceptors (Lipinski definition) is 3. The Balaban J connectivity index is 1.95. The van der Waals surface area contributed by atoms with Gasteiger partial charge in [0, 0.05) is 34.0 Å². The first-order valence-electron chi connectivity index (χ1n) is 9.20. The number of ketones is 1. The summed E-state index contributed by atoms with van der Waals surface area (Å²) >= 11 is 6.05. The number of fused-ring (bicyclic) bond motifs is 3. The van der Waals surface area contributed by atoms with Crippen LogP contribution in [0.3, 0.4) is 0 Å². The van der Waals surface area contributed by atoms with Crippen LogP contribution in [0.4, 0.5) is 0 Å². The van der Waals surface area contributed by atoms with Crippen LogP contribution in [0, 0.1) is 22.7 Å². The van der Waals surface area contributed by atoms with E-state index in [1.165, 1.54) is 5.56 Å². The molecule has 0 radical (unpaired) electrons. The first-order chi connectivity index (χ1) is 12.7. The number of halogens is 1. The van der Waals surface area contributed by atoms with Crippen LogP contribution in [0.2, 0.25) is 5.02 Å². The molecule has 138 valence electrons. The van der Waals surface area contributed by atoms with Crippen LogP contribution in [0.5, 0.6) is 0 Å². The zero-order valence-electron chi connectivity index (χ0n) is 16.0. The molecule has 1 aromatic carbocycles. The maximum absolute atomic E-state index is 12.8. The summed E-state index contributed by atoms with van der Waals surface area (Å²) in [5, 5.41) is 15.1. The summed E-state index contributed by atoms with van der Waals surface area (Å²) < 4.78 is 1.92. The lowest BCUT2D eigenvalue weighted by molar-refractivity contribution is -0.128. The maximum atomic E-state index is 12.8. The Morgan fingerprint density at radius 3 is 2.56 bits per heavy atom. The molecule has 0 N–H and O–H groups in total. The van der Waals surface area contributed by atoms with E-state index in [-0.39, 0.29) is 17.3 Å². The number of hydrogen-bond donors (Lipinski definition) is 0. The van der Waals surface area contributed by atoms with Crippen molar-refractivity contribution in [3.05, 3.63) is 52.2 Å². The number of carbonyl (C=O) groups is 1. The smallest absolute Gasteiger partial charge is 0.178 e. The zero-order chi connectivity index (χ0) is 19.6. The van der Waals surface area contributed by atoms with Gasteiger partial charge in [-0.25, -0.2) is 0 Å². The van der Waals surface area contributed by atoms with Crippen molar-refractivity contribution in [2.45, 2.75) is 39.0 Å². The van der Waals surface area contributed by atoms with Gasteiger partial charge >= 0.3 is 0 Å². The molecule has 2 unspecified atom stereocenters. The second kappa shape index (κ2) is 5.81. The van der Waals surface area contributed by atoms with Gasteiger partial charge in [-0.2, -0.15) is 10.4 Å². The molecular formula is C22H22ClN3O. The molecular weight excluding hydrogens is 358 g/mol. The molecule has 0 fully saturated rings. The van der Waals surface area contributed by atoms with E-state index >= 15 is 0 Å². The normalized spacial score (nSPS) is 26.0. The predicted octanol–water partition coefficient (Wildman–Crippen LogP) is 4.62. The summed E-state index contributed by atoms with van der Waals surface area (Å²) in [5.74, 6) is 0.0693. The second-order valence-electron chi connectivity index (χ2n) is 8.40. The van der Waals surface area contributed by atoms with Gasteiger partial charge in [0.2, 0.25) is 0 Å². The largest absolute Gasteiger partial charge is 0.293 e. The van der Waals surface area contributed by atoms with Gasteiger partial charge < -0.3 is 0 Å². The van der Waals surface area contributed by atoms with Gasteiger partial charge in [-0.1, -0.05) is 50.6 Å². The van der Waals surface area contributed by atoms with Gasteiger partial charge in [0.25, 0.3) is 0 Å². The molecule has 0 amide bonds. The van der Waals surface area contributed by atoms with Crippen LogP contribution in [0.25, 0.3) is 11.3 Å². The monoisotopic (exact) mass is 379 g/mol. The van der Waals surface area contributed by atoms with E-state index in [4.69, 9.17) is 16.7 Å². The fourth-order valence-electron chi connectivity index (χ4n) is 5.19. The molecule has 2 aliphatic rings. The van der Waals surface area contributed by atoms with E-state index in [9.17, 15) is 10.1 Å². The Morgan fingerprint density at radius 2 is 1.93 bits per heavy atom. The van der Waals surface area contributed by atoms with E-state index in [0.29, 0.717) is 5.02 Å². The zero-order valence-corrected chi connectivity index (χ0v) is 16.8. The maximum Gasteiger partial charge on any atom is 0.178 e. The molecule has 0 saturated carbocycles. The third-order valence-corrected chi connectivity index (χ3v) is 6.70. The van der Waals surface area contributed by atoms with Crippen molar-refractivity contribution in [3.63, 3.8) is 0 Å². The van der Waals surface area contributed by atoms with E-state index in [0.717, 1.165) is 29.8 Å². The summed E-state index contributed by atoms with van der Waals surface area (Å²) in [7, 11) is 1.95. The fourth-order valence-corrected chi connectivity index (χ4v) is 5.32. The van der Waals surface area contributed by atoms with Crippen LogP contribution in [-0.2, 0) is 23.7 Å². The number of benzene rings is 1. The molecule has 2 atom stereocenters. The quantitative estimate of drug-likeness (QED) is 0.726. The molecule has 1 aromatic heterocycles. The molecule has 4 rings (SSSR count). The van der Waals surface area contributed by atoms with Crippen LogP contribution < -0.4 is 0 Å². The van der Waals surface area contributed by atoms with E-state index in [2.05, 4.69) is 13.0 Å². The lowest BCUT2D eigenvalue weighted by Crippen LogP contribution is -2.51. The molecule has 2 aromatic rings. The minimum atomic E-state index is -0.579. The molecule has 5 heteroatoms. The summed E-state index contributed by atoms with van der Waals surface area (Å²) in [6.07, 6.45) is 3.62. The molecule has 27 heavy (non-hydrogen) atoms. The minimum Gasteiger partial charge on any atom is -0.293 e. The van der Waals surface area contributed by atoms with Crippen molar-refractivity contribution in [1.82, 2.24) is 9.78 Å². The van der Waals surface area contributed by atoms with Gasteiger partial charge in [-0.15, -0.1) is 0 Å². The Hall–Kier alpha value is -2.38. The molecule has 0 aliphatic heterocycles. The van der Waals surface area contributed by atoms with Crippen LogP contribution in [0.1, 0.15) is 38.4 Å². The van der Waals surface area contributed by atoms with Crippen molar-refractivity contribution in [1.29, 1.82) is 5.26 Å². The molecule has 0 spiro atoms. The molecule has 2 aliphatic carbocycles. The van der Waals surface area contributed by atoms with Crippen molar-refractivity contribution < 1.29 is 4.79 Å². The van der Waals surface area contributed by atoms with Gasteiger partial charge in [-0.3, -0.25) is 9.48 Å². The Bertz CT molecular complexity index is 1020. The summed E-state index contributed by atoms with van der Waals surface area (Å²) in [5.41, 5.74) is 3.60.